The lowest BCUT2D eigenvalue weighted by Gasteiger charge is -1.88. The van der Waals surface area contributed by atoms with Gasteiger partial charge in [-0.15, -0.1) is 0 Å². The number of rotatable bonds is 1. The maximum absolute atomic E-state index is 5.63. The van der Waals surface area contributed by atoms with E-state index in [9.17, 15) is 0 Å². The fraction of sp³-hybridized carbons (Fsp3) is 0.125. The van der Waals surface area contributed by atoms with Gasteiger partial charge >= 0.3 is 0 Å². The number of nitrogens with zero attached hydrogens (tertiary/aromatic N) is 2. The Balaban J connectivity index is 2.46. The first-order valence-corrected chi connectivity index (χ1v) is 4.50. The molecule has 2 aromatic heterocycles. The predicted octanol–water partition coefficient (Wildman–Crippen LogP) is 2.02. The maximum atomic E-state index is 5.63. The van der Waals surface area contributed by atoms with Crippen LogP contribution in [0, 0.1) is 0 Å². The third-order valence-corrected chi connectivity index (χ3v) is 2.15. The van der Waals surface area contributed by atoms with Crippen LogP contribution < -0.4 is 5.73 Å². The van der Waals surface area contributed by atoms with E-state index in [-0.39, 0.29) is 0 Å². The summed E-state index contributed by atoms with van der Waals surface area (Å²) in [4.78, 5) is 0. The van der Waals surface area contributed by atoms with Crippen molar-refractivity contribution < 1.29 is 4.42 Å². The molecule has 0 aliphatic rings. The molecule has 0 saturated heterocycles. The summed E-state index contributed by atoms with van der Waals surface area (Å²) in [5.74, 6) is 1.32. The fourth-order valence-electron chi connectivity index (χ4n) is 1.05. The summed E-state index contributed by atoms with van der Waals surface area (Å²) >= 11 is 3.30. The topological polar surface area (TPSA) is 57.0 Å². The van der Waals surface area contributed by atoms with Gasteiger partial charge in [-0.1, -0.05) is 0 Å². The van der Waals surface area contributed by atoms with E-state index in [2.05, 4.69) is 21.0 Å². The van der Waals surface area contributed by atoms with Crippen molar-refractivity contribution in [2.24, 2.45) is 7.05 Å². The van der Waals surface area contributed by atoms with E-state index in [4.69, 9.17) is 10.2 Å². The zero-order valence-electron chi connectivity index (χ0n) is 6.99. The minimum Gasteiger partial charge on any atom is -0.461 e. The molecule has 13 heavy (non-hydrogen) atoms. The van der Waals surface area contributed by atoms with Crippen molar-refractivity contribution in [3.05, 3.63) is 22.9 Å². The Bertz CT molecular complexity index is 413. The van der Waals surface area contributed by atoms with E-state index < -0.39 is 0 Å². The number of hydrogen-bond donors (Lipinski definition) is 1. The van der Waals surface area contributed by atoms with Gasteiger partial charge in [0, 0.05) is 19.2 Å². The average Bonchev–Trinajstić information content (AvgIpc) is 2.61. The molecular formula is C8H8BrN3O. The summed E-state index contributed by atoms with van der Waals surface area (Å²) < 4.78 is 7.74. The molecule has 0 aromatic carbocycles. The van der Waals surface area contributed by atoms with Gasteiger partial charge in [0.15, 0.2) is 5.76 Å². The molecule has 2 rings (SSSR count). The fourth-order valence-corrected chi connectivity index (χ4v) is 1.35. The van der Waals surface area contributed by atoms with Crippen LogP contribution in [0.15, 0.2) is 27.3 Å². The maximum Gasteiger partial charge on any atom is 0.155 e. The number of furan rings is 1. The summed E-state index contributed by atoms with van der Waals surface area (Å²) in [6.45, 7) is 0. The molecule has 0 radical (unpaired) electrons. The highest BCUT2D eigenvalue weighted by molar-refractivity contribution is 9.10. The van der Waals surface area contributed by atoms with Crippen molar-refractivity contribution in [1.29, 1.82) is 0 Å². The van der Waals surface area contributed by atoms with Crippen LogP contribution in [0.2, 0.25) is 0 Å². The Morgan fingerprint density at radius 2 is 2.31 bits per heavy atom. The normalized spacial score (nSPS) is 10.6. The van der Waals surface area contributed by atoms with Gasteiger partial charge in [0.2, 0.25) is 0 Å². The first kappa shape index (κ1) is 8.37. The van der Waals surface area contributed by atoms with Gasteiger partial charge in [-0.3, -0.25) is 4.68 Å². The average molecular weight is 242 g/mol. The Hall–Kier alpha value is -1.23. The van der Waals surface area contributed by atoms with Crippen molar-refractivity contribution in [2.75, 3.05) is 5.73 Å². The molecule has 0 aliphatic carbocycles. The van der Waals surface area contributed by atoms with E-state index in [1.54, 1.807) is 24.1 Å². The molecule has 2 aromatic rings. The minimum atomic E-state index is 0.613. The monoisotopic (exact) mass is 241 g/mol. The first-order chi connectivity index (χ1) is 6.16. The second kappa shape index (κ2) is 2.92. The molecule has 0 amide bonds. The van der Waals surface area contributed by atoms with E-state index in [1.165, 1.54) is 0 Å². The van der Waals surface area contributed by atoms with Crippen molar-refractivity contribution in [2.45, 2.75) is 0 Å². The van der Waals surface area contributed by atoms with Crippen LogP contribution >= 0.6 is 15.9 Å². The van der Waals surface area contributed by atoms with Crippen LogP contribution in [0.5, 0.6) is 0 Å². The van der Waals surface area contributed by atoms with Gasteiger partial charge < -0.3 is 10.2 Å². The van der Waals surface area contributed by atoms with Crippen molar-refractivity contribution in [1.82, 2.24) is 9.78 Å². The third kappa shape index (κ3) is 1.47. The number of anilines is 1. The molecule has 0 atom stereocenters. The molecule has 0 saturated carbocycles. The van der Waals surface area contributed by atoms with Crippen molar-refractivity contribution >= 4 is 21.7 Å². The van der Waals surface area contributed by atoms with Gasteiger partial charge in [0.25, 0.3) is 0 Å². The van der Waals surface area contributed by atoms with E-state index in [0.29, 0.717) is 11.6 Å². The Morgan fingerprint density at radius 3 is 2.77 bits per heavy atom. The van der Waals surface area contributed by atoms with E-state index in [0.717, 1.165) is 10.2 Å². The molecular weight excluding hydrogens is 234 g/mol. The van der Waals surface area contributed by atoms with Gasteiger partial charge in [-0.2, -0.15) is 5.10 Å². The summed E-state index contributed by atoms with van der Waals surface area (Å²) in [5, 5.41) is 4.17. The Morgan fingerprint density at radius 1 is 1.54 bits per heavy atom. The summed E-state index contributed by atoms with van der Waals surface area (Å²) in [7, 11) is 1.79. The molecule has 0 fully saturated rings. The van der Waals surface area contributed by atoms with Crippen molar-refractivity contribution in [3.63, 3.8) is 0 Å². The SMILES string of the molecule is Cn1nc(-c2cc(Br)co2)cc1N. The summed E-state index contributed by atoms with van der Waals surface area (Å²) in [6.07, 6.45) is 1.61. The molecule has 5 heteroatoms. The summed E-state index contributed by atoms with van der Waals surface area (Å²) in [5.41, 5.74) is 6.37. The lowest BCUT2D eigenvalue weighted by Crippen LogP contribution is -1.96. The van der Waals surface area contributed by atoms with Crippen LogP contribution in [0.25, 0.3) is 11.5 Å². The number of nitrogens with two attached hydrogens (primary N) is 1. The summed E-state index contributed by atoms with van der Waals surface area (Å²) in [6, 6.07) is 3.62. The number of aromatic nitrogens is 2. The van der Waals surface area contributed by atoms with Gasteiger partial charge in [-0.25, -0.2) is 0 Å². The number of hydrogen-bond acceptors (Lipinski definition) is 3. The number of aryl methyl sites for hydroxylation is 1. The quantitative estimate of drug-likeness (QED) is 0.832. The second-order valence-electron chi connectivity index (χ2n) is 2.71. The van der Waals surface area contributed by atoms with Gasteiger partial charge in [0.05, 0.1) is 4.47 Å². The second-order valence-corrected chi connectivity index (χ2v) is 3.62. The van der Waals surface area contributed by atoms with Crippen LogP contribution in [0.4, 0.5) is 5.82 Å². The zero-order chi connectivity index (χ0) is 9.42. The number of nitrogen functional groups attached to an aromatic ring is 1. The minimum absolute atomic E-state index is 0.613. The Labute approximate surface area is 83.5 Å². The smallest absolute Gasteiger partial charge is 0.155 e. The Kier molecular flexibility index (Phi) is 1.88. The molecule has 0 aliphatic heterocycles. The van der Waals surface area contributed by atoms with Gasteiger partial charge in [0.1, 0.15) is 17.8 Å². The highest BCUT2D eigenvalue weighted by atomic mass is 79.9. The van der Waals surface area contributed by atoms with Crippen LogP contribution in [0.1, 0.15) is 0 Å². The lowest BCUT2D eigenvalue weighted by molar-refractivity contribution is 0.576. The van der Waals surface area contributed by atoms with Crippen LogP contribution in [0.3, 0.4) is 0 Å². The molecule has 0 unspecified atom stereocenters. The highest BCUT2D eigenvalue weighted by Gasteiger charge is 2.08. The molecule has 0 spiro atoms. The van der Waals surface area contributed by atoms with Crippen LogP contribution in [-0.2, 0) is 7.05 Å². The van der Waals surface area contributed by atoms with E-state index >= 15 is 0 Å². The molecule has 4 nitrogen and oxygen atoms in total. The molecule has 2 heterocycles. The molecule has 2 N–H and O–H groups in total. The van der Waals surface area contributed by atoms with Crippen molar-refractivity contribution in [3.8, 4) is 11.5 Å². The zero-order valence-corrected chi connectivity index (χ0v) is 8.58. The molecule has 68 valence electrons. The highest BCUT2D eigenvalue weighted by Crippen LogP contribution is 2.24. The predicted molar refractivity (Wildman–Crippen MR) is 53.0 cm³/mol. The standard InChI is InChI=1S/C8H8BrN3O/c1-12-8(10)3-6(11-12)7-2-5(9)4-13-7/h2-4H,10H2,1H3. The first-order valence-electron chi connectivity index (χ1n) is 3.71. The largest absolute Gasteiger partial charge is 0.461 e. The molecule has 0 bridgehead atoms. The van der Waals surface area contributed by atoms with E-state index in [1.807, 2.05) is 6.07 Å². The van der Waals surface area contributed by atoms with Crippen LogP contribution in [-0.4, -0.2) is 9.78 Å². The van der Waals surface area contributed by atoms with Gasteiger partial charge in [-0.05, 0) is 15.9 Å². The lowest BCUT2D eigenvalue weighted by atomic mass is 10.3. The third-order valence-electron chi connectivity index (χ3n) is 1.74. The number of halogens is 1.